The van der Waals surface area contributed by atoms with Crippen LogP contribution >= 0.6 is 15.9 Å². The first kappa shape index (κ1) is 20.1. The molecule has 0 saturated carbocycles. The average molecular weight is 454 g/mol. The molecule has 0 radical (unpaired) electrons. The van der Waals surface area contributed by atoms with Crippen LogP contribution in [0.25, 0.3) is 0 Å². The molecule has 0 bridgehead atoms. The number of hydrogen-bond acceptors (Lipinski definition) is 5. The molecule has 3 aromatic carbocycles. The van der Waals surface area contributed by atoms with E-state index in [9.17, 15) is 19.8 Å². The smallest absolute Gasteiger partial charge is 0.273 e. The number of phenolic OH excluding ortho intramolecular Hbond substituents is 2. The fraction of sp³-hybridized carbons (Fsp3) is 0. The maximum Gasteiger partial charge on any atom is 0.273 e. The van der Waals surface area contributed by atoms with E-state index >= 15 is 0 Å². The summed E-state index contributed by atoms with van der Waals surface area (Å²) in [4.78, 5) is 24.9. The van der Waals surface area contributed by atoms with Gasteiger partial charge in [0, 0.05) is 10.0 Å². The molecule has 146 valence electrons. The Balaban J connectivity index is 1.71. The Kier molecular flexibility index (Phi) is 6.25. The molecule has 0 heterocycles. The van der Waals surface area contributed by atoms with Crippen molar-refractivity contribution in [2.24, 2.45) is 5.10 Å². The molecule has 0 fully saturated rings. The van der Waals surface area contributed by atoms with Crippen molar-refractivity contribution in [3.63, 3.8) is 0 Å². The van der Waals surface area contributed by atoms with Crippen LogP contribution in [0.3, 0.4) is 0 Å². The zero-order chi connectivity index (χ0) is 20.8. The molecule has 0 spiro atoms. The van der Waals surface area contributed by atoms with Gasteiger partial charge < -0.3 is 15.5 Å². The fourth-order valence-corrected chi connectivity index (χ4v) is 2.70. The van der Waals surface area contributed by atoms with E-state index in [0.717, 1.165) is 4.47 Å². The fourth-order valence-electron chi connectivity index (χ4n) is 2.43. The van der Waals surface area contributed by atoms with Crippen molar-refractivity contribution < 1.29 is 19.8 Å². The second kappa shape index (κ2) is 9.03. The lowest BCUT2D eigenvalue weighted by molar-refractivity contribution is 0.0956. The summed E-state index contributed by atoms with van der Waals surface area (Å²) in [6.07, 6.45) is 1.32. The van der Waals surface area contributed by atoms with Crippen LogP contribution in [0.15, 0.2) is 76.3 Å². The van der Waals surface area contributed by atoms with Crippen molar-refractivity contribution in [2.45, 2.75) is 0 Å². The number of amides is 2. The largest absolute Gasteiger partial charge is 0.504 e. The van der Waals surface area contributed by atoms with Gasteiger partial charge in [-0.25, -0.2) is 5.43 Å². The number of para-hydroxylation sites is 1. The maximum atomic E-state index is 12.5. The topological polar surface area (TPSA) is 111 Å². The molecule has 0 saturated heterocycles. The van der Waals surface area contributed by atoms with Crippen LogP contribution in [0.1, 0.15) is 26.3 Å². The Labute approximate surface area is 174 Å². The molecule has 29 heavy (non-hydrogen) atoms. The molecule has 7 nitrogen and oxygen atoms in total. The minimum absolute atomic E-state index is 0.240. The van der Waals surface area contributed by atoms with Crippen LogP contribution < -0.4 is 10.7 Å². The Hall–Kier alpha value is -3.65. The molecule has 0 aliphatic heterocycles. The van der Waals surface area contributed by atoms with Gasteiger partial charge in [-0.05, 0) is 60.2 Å². The second-order valence-corrected chi connectivity index (χ2v) is 6.87. The number of carbonyl (C=O) groups excluding carboxylic acids is 2. The summed E-state index contributed by atoms with van der Waals surface area (Å²) < 4.78 is 0.855. The lowest BCUT2D eigenvalue weighted by Crippen LogP contribution is -2.21. The summed E-state index contributed by atoms with van der Waals surface area (Å²) in [5.41, 5.74) is 3.89. The van der Waals surface area contributed by atoms with Crippen LogP contribution in [0.5, 0.6) is 11.5 Å². The van der Waals surface area contributed by atoms with E-state index in [1.54, 1.807) is 48.5 Å². The third-order valence-electron chi connectivity index (χ3n) is 3.91. The number of aromatic hydroxyl groups is 2. The molecular weight excluding hydrogens is 438 g/mol. The zero-order valence-corrected chi connectivity index (χ0v) is 16.6. The highest BCUT2D eigenvalue weighted by atomic mass is 79.9. The number of hydrazone groups is 1. The van der Waals surface area contributed by atoms with Crippen LogP contribution in [0, 0.1) is 0 Å². The third-order valence-corrected chi connectivity index (χ3v) is 4.43. The molecule has 0 aliphatic carbocycles. The summed E-state index contributed by atoms with van der Waals surface area (Å²) >= 11 is 3.32. The first-order chi connectivity index (χ1) is 13.9. The zero-order valence-electron chi connectivity index (χ0n) is 15.0. The van der Waals surface area contributed by atoms with Crippen LogP contribution in [-0.4, -0.2) is 28.2 Å². The molecular formula is C21H16BrN3O4. The number of anilines is 1. The predicted octanol–water partition coefficient (Wildman–Crippen LogP) is 3.88. The minimum atomic E-state index is -0.518. The second-order valence-electron chi connectivity index (χ2n) is 5.95. The Morgan fingerprint density at radius 1 is 0.897 bits per heavy atom. The van der Waals surface area contributed by atoms with E-state index in [-0.39, 0.29) is 23.0 Å². The van der Waals surface area contributed by atoms with Crippen LogP contribution in [-0.2, 0) is 0 Å². The van der Waals surface area contributed by atoms with Crippen LogP contribution in [0.4, 0.5) is 5.69 Å². The van der Waals surface area contributed by atoms with Gasteiger partial charge >= 0.3 is 0 Å². The number of rotatable bonds is 5. The van der Waals surface area contributed by atoms with Gasteiger partial charge in [-0.1, -0.05) is 28.1 Å². The Bertz CT molecular complexity index is 1080. The summed E-state index contributed by atoms with van der Waals surface area (Å²) in [7, 11) is 0. The lowest BCUT2D eigenvalue weighted by Gasteiger charge is -2.10. The number of hydrogen-bond donors (Lipinski definition) is 4. The normalized spacial score (nSPS) is 10.7. The highest BCUT2D eigenvalue weighted by Crippen LogP contribution is 2.24. The van der Waals surface area contributed by atoms with Crippen LogP contribution in [0.2, 0.25) is 0 Å². The monoisotopic (exact) mass is 453 g/mol. The van der Waals surface area contributed by atoms with Gasteiger partial charge in [-0.15, -0.1) is 0 Å². The van der Waals surface area contributed by atoms with E-state index in [4.69, 9.17) is 0 Å². The molecule has 0 aliphatic rings. The number of phenols is 2. The highest BCUT2D eigenvalue weighted by Gasteiger charge is 2.13. The van der Waals surface area contributed by atoms with E-state index < -0.39 is 5.91 Å². The summed E-state index contributed by atoms with van der Waals surface area (Å²) in [5, 5.41) is 25.3. The first-order valence-corrected chi connectivity index (χ1v) is 9.24. The standard InChI is InChI=1S/C21H16BrN3O4/c22-15-8-6-14(7-9-15)20(28)24-17-4-2-1-3-16(17)21(29)25-23-12-13-5-10-18(26)19(27)11-13/h1-12,26-27H,(H,24,28)(H,25,29). The molecule has 0 aromatic heterocycles. The van der Waals surface area contributed by atoms with Crippen molar-refractivity contribution in [2.75, 3.05) is 5.32 Å². The summed E-state index contributed by atoms with van der Waals surface area (Å²) in [6.45, 7) is 0. The van der Waals surface area contributed by atoms with E-state index in [2.05, 4.69) is 31.8 Å². The SMILES string of the molecule is O=C(Nc1ccccc1C(=O)NN=Cc1ccc(O)c(O)c1)c1ccc(Br)cc1. The molecule has 3 aromatic rings. The minimum Gasteiger partial charge on any atom is -0.504 e. The van der Waals surface area contributed by atoms with Gasteiger partial charge in [0.1, 0.15) is 0 Å². The third kappa shape index (κ3) is 5.20. The molecule has 0 unspecified atom stereocenters. The molecule has 3 rings (SSSR count). The van der Waals surface area contributed by atoms with Gasteiger partial charge in [-0.3, -0.25) is 9.59 Å². The number of benzene rings is 3. The van der Waals surface area contributed by atoms with E-state index in [1.165, 1.54) is 24.4 Å². The van der Waals surface area contributed by atoms with Gasteiger partial charge in [0.15, 0.2) is 11.5 Å². The molecule has 4 N–H and O–H groups in total. The van der Waals surface area contributed by atoms with Gasteiger partial charge in [0.2, 0.25) is 0 Å². The quantitative estimate of drug-likeness (QED) is 0.266. The van der Waals surface area contributed by atoms with Crippen molar-refractivity contribution in [3.05, 3.63) is 87.9 Å². The number of halogens is 1. The number of carbonyl (C=O) groups is 2. The Morgan fingerprint density at radius 3 is 2.34 bits per heavy atom. The average Bonchev–Trinajstić information content (AvgIpc) is 2.71. The lowest BCUT2D eigenvalue weighted by atomic mass is 10.1. The molecule has 2 amide bonds. The van der Waals surface area contributed by atoms with Gasteiger partial charge in [-0.2, -0.15) is 5.10 Å². The van der Waals surface area contributed by atoms with E-state index in [1.807, 2.05) is 0 Å². The van der Waals surface area contributed by atoms with Crippen molar-refractivity contribution in [1.82, 2.24) is 5.43 Å². The van der Waals surface area contributed by atoms with Crippen molar-refractivity contribution in [3.8, 4) is 11.5 Å². The first-order valence-electron chi connectivity index (χ1n) is 8.45. The summed E-state index contributed by atoms with van der Waals surface area (Å²) in [5.74, 6) is -1.40. The number of nitrogens with zero attached hydrogens (tertiary/aromatic N) is 1. The molecule has 0 atom stereocenters. The maximum absolute atomic E-state index is 12.5. The highest BCUT2D eigenvalue weighted by molar-refractivity contribution is 9.10. The van der Waals surface area contributed by atoms with E-state index in [0.29, 0.717) is 16.8 Å². The van der Waals surface area contributed by atoms with Gasteiger partial charge in [0.25, 0.3) is 11.8 Å². The van der Waals surface area contributed by atoms with Crippen molar-refractivity contribution in [1.29, 1.82) is 0 Å². The Morgan fingerprint density at radius 2 is 1.62 bits per heavy atom. The predicted molar refractivity (Wildman–Crippen MR) is 113 cm³/mol. The summed E-state index contributed by atoms with van der Waals surface area (Å²) in [6, 6.07) is 17.5. The number of nitrogens with one attached hydrogen (secondary N) is 2. The van der Waals surface area contributed by atoms with Crippen molar-refractivity contribution >= 4 is 39.6 Å². The van der Waals surface area contributed by atoms with Gasteiger partial charge in [0.05, 0.1) is 17.5 Å². The molecule has 8 heteroatoms.